The van der Waals surface area contributed by atoms with Gasteiger partial charge in [-0.3, -0.25) is 0 Å². The molecule has 1 aliphatic carbocycles. The number of hydrogen-bond acceptors (Lipinski definition) is 9. The number of nitrogens with zero attached hydrogens (tertiary/aromatic N) is 1. The Morgan fingerprint density at radius 3 is 1.68 bits per heavy atom. The van der Waals surface area contributed by atoms with Gasteiger partial charge < -0.3 is 33.0 Å². The predicted molar refractivity (Wildman–Crippen MR) is 116 cm³/mol. The molecular formula is C21H39NO8S. The Bertz CT molecular complexity index is 460. The van der Waals surface area contributed by atoms with Crippen molar-refractivity contribution in [1.82, 2.24) is 4.31 Å². The lowest BCUT2D eigenvalue weighted by Gasteiger charge is -2.29. The van der Waals surface area contributed by atoms with Crippen LogP contribution in [0.15, 0.2) is 0 Å². The van der Waals surface area contributed by atoms with Crippen molar-refractivity contribution in [2.75, 3.05) is 84.9 Å². The Morgan fingerprint density at radius 2 is 1.26 bits per heavy atom. The maximum Gasteiger partial charge on any atom is 0.358 e. The third-order valence-electron chi connectivity index (χ3n) is 5.48. The summed E-state index contributed by atoms with van der Waals surface area (Å²) in [6.45, 7) is 7.56. The van der Waals surface area contributed by atoms with Gasteiger partial charge in [-0.1, -0.05) is 6.92 Å². The first-order valence-corrected chi connectivity index (χ1v) is 12.7. The third-order valence-corrected chi connectivity index (χ3v) is 6.90. The minimum Gasteiger partial charge on any atom is -0.597 e. The molecule has 0 N–H and O–H groups in total. The molecule has 0 amide bonds. The molecule has 2 aliphatic rings. The number of rotatable bonds is 5. The van der Waals surface area contributed by atoms with Crippen LogP contribution in [0.1, 0.15) is 39.0 Å². The first kappa shape index (κ1) is 26.8. The SMILES string of the molecule is CCC1(OC(=O)C[S+]([O-])N2CCOCCOCCOCCOCCOCC2)CCCC1. The Kier molecular flexibility index (Phi) is 14.0. The van der Waals surface area contributed by atoms with E-state index in [1.165, 1.54) is 0 Å². The average Bonchev–Trinajstić information content (AvgIpc) is 3.22. The van der Waals surface area contributed by atoms with Crippen LogP contribution in [0.4, 0.5) is 0 Å². The zero-order chi connectivity index (χ0) is 22.2. The summed E-state index contributed by atoms with van der Waals surface area (Å²) in [6, 6.07) is 0. The predicted octanol–water partition coefficient (Wildman–Crippen LogP) is 1.31. The number of carbonyl (C=O) groups is 1. The molecule has 0 spiro atoms. The highest BCUT2D eigenvalue weighted by Crippen LogP contribution is 2.36. The van der Waals surface area contributed by atoms with Crippen LogP contribution in [0.2, 0.25) is 0 Å². The summed E-state index contributed by atoms with van der Waals surface area (Å²) < 4.78 is 47.8. The molecule has 9 nitrogen and oxygen atoms in total. The van der Waals surface area contributed by atoms with Crippen LogP contribution in [-0.2, 0) is 44.6 Å². The van der Waals surface area contributed by atoms with Crippen molar-refractivity contribution in [3.8, 4) is 0 Å². The molecule has 10 heteroatoms. The van der Waals surface area contributed by atoms with Gasteiger partial charge in [-0.25, -0.2) is 4.79 Å². The van der Waals surface area contributed by atoms with E-state index in [1.54, 1.807) is 4.31 Å². The molecule has 2 fully saturated rings. The fourth-order valence-corrected chi connectivity index (χ4v) is 4.64. The fourth-order valence-electron chi connectivity index (χ4n) is 3.64. The van der Waals surface area contributed by atoms with E-state index in [-0.39, 0.29) is 11.4 Å². The maximum atomic E-state index is 12.9. The van der Waals surface area contributed by atoms with Gasteiger partial charge in [0.2, 0.25) is 5.75 Å². The highest BCUT2D eigenvalue weighted by molar-refractivity contribution is 7.89. The Labute approximate surface area is 189 Å². The second kappa shape index (κ2) is 16.2. The third kappa shape index (κ3) is 11.3. The lowest BCUT2D eigenvalue weighted by atomic mass is 9.99. The molecule has 0 aromatic heterocycles. The van der Waals surface area contributed by atoms with Crippen LogP contribution in [-0.4, -0.2) is 105 Å². The highest BCUT2D eigenvalue weighted by Gasteiger charge is 2.37. The molecular weight excluding hydrogens is 426 g/mol. The molecule has 0 aromatic carbocycles. The van der Waals surface area contributed by atoms with E-state index in [9.17, 15) is 9.35 Å². The lowest BCUT2D eigenvalue weighted by Crippen LogP contribution is -2.42. The minimum absolute atomic E-state index is 0.145. The van der Waals surface area contributed by atoms with E-state index in [4.69, 9.17) is 28.4 Å². The molecule has 1 atom stereocenters. The largest absolute Gasteiger partial charge is 0.597 e. The fraction of sp³-hybridized carbons (Fsp3) is 0.952. The smallest absolute Gasteiger partial charge is 0.358 e. The summed E-state index contributed by atoms with van der Waals surface area (Å²) in [5.74, 6) is -0.541. The maximum absolute atomic E-state index is 12.9. The van der Waals surface area contributed by atoms with Gasteiger partial charge in [-0.05, 0) is 32.1 Å². The van der Waals surface area contributed by atoms with Crippen molar-refractivity contribution in [3.05, 3.63) is 0 Å². The van der Waals surface area contributed by atoms with Crippen LogP contribution in [0.25, 0.3) is 0 Å². The van der Waals surface area contributed by atoms with Crippen LogP contribution in [0.3, 0.4) is 0 Å². The topological polar surface area (TPSA) is 98.8 Å². The molecule has 1 heterocycles. The molecule has 2 rings (SSSR count). The van der Waals surface area contributed by atoms with E-state index >= 15 is 0 Å². The van der Waals surface area contributed by atoms with Crippen molar-refractivity contribution in [2.24, 2.45) is 0 Å². The molecule has 0 aromatic rings. The Hall–Kier alpha value is -0.460. The molecule has 0 bridgehead atoms. The number of ether oxygens (including phenoxy) is 6. The van der Waals surface area contributed by atoms with Crippen LogP contribution >= 0.6 is 0 Å². The molecule has 31 heavy (non-hydrogen) atoms. The summed E-state index contributed by atoms with van der Waals surface area (Å²) in [6.07, 6.45) is 4.73. The summed E-state index contributed by atoms with van der Waals surface area (Å²) in [5, 5.41) is 0. The molecule has 1 aliphatic heterocycles. The van der Waals surface area contributed by atoms with Gasteiger partial charge in [0.05, 0.1) is 90.5 Å². The van der Waals surface area contributed by atoms with Crippen molar-refractivity contribution in [3.63, 3.8) is 0 Å². The molecule has 182 valence electrons. The molecule has 1 saturated carbocycles. The zero-order valence-corrected chi connectivity index (χ0v) is 19.7. The van der Waals surface area contributed by atoms with Gasteiger partial charge in [-0.15, -0.1) is 4.31 Å². The van der Waals surface area contributed by atoms with Crippen LogP contribution in [0.5, 0.6) is 0 Å². The Morgan fingerprint density at radius 1 is 0.839 bits per heavy atom. The highest BCUT2D eigenvalue weighted by atomic mass is 32.2. The monoisotopic (exact) mass is 465 g/mol. The zero-order valence-electron chi connectivity index (χ0n) is 18.8. The average molecular weight is 466 g/mol. The number of carbonyl (C=O) groups excluding carboxylic acids is 1. The van der Waals surface area contributed by atoms with Crippen LogP contribution in [0, 0.1) is 0 Å². The summed E-state index contributed by atoms with van der Waals surface area (Å²) in [7, 11) is 0. The van der Waals surface area contributed by atoms with Crippen molar-refractivity contribution in [2.45, 2.75) is 44.6 Å². The summed E-state index contributed by atoms with van der Waals surface area (Å²) in [5.41, 5.74) is -0.369. The minimum atomic E-state index is -1.50. The van der Waals surface area contributed by atoms with E-state index in [2.05, 4.69) is 0 Å². The van der Waals surface area contributed by atoms with Gasteiger partial charge in [0.1, 0.15) is 5.60 Å². The molecule has 1 unspecified atom stereocenters. The Balaban J connectivity index is 1.78. The van der Waals surface area contributed by atoms with Crippen molar-refractivity contribution in [1.29, 1.82) is 0 Å². The normalized spacial score (nSPS) is 24.7. The number of esters is 1. The van der Waals surface area contributed by atoms with Gasteiger partial charge in [0.25, 0.3) is 0 Å². The summed E-state index contributed by atoms with van der Waals surface area (Å²) >= 11 is -1.50. The van der Waals surface area contributed by atoms with Crippen molar-refractivity contribution < 1.29 is 37.8 Å². The van der Waals surface area contributed by atoms with Gasteiger partial charge in [0, 0.05) is 0 Å². The van der Waals surface area contributed by atoms with E-state index in [0.29, 0.717) is 79.2 Å². The quantitative estimate of drug-likeness (QED) is 0.440. The lowest BCUT2D eigenvalue weighted by molar-refractivity contribution is -0.156. The number of hydrogen-bond donors (Lipinski definition) is 0. The van der Waals surface area contributed by atoms with Gasteiger partial charge >= 0.3 is 5.97 Å². The van der Waals surface area contributed by atoms with E-state index in [1.807, 2.05) is 6.92 Å². The second-order valence-electron chi connectivity index (χ2n) is 7.67. The van der Waals surface area contributed by atoms with Gasteiger partial charge in [0.15, 0.2) is 0 Å². The standard InChI is InChI=1S/C21H39NO8S/c1-2-21(5-3-4-6-21)30-20(23)19-31(24)22-7-9-25-11-13-27-15-17-29-18-16-28-14-12-26-10-8-22/h2-19H2,1H3. The molecule has 1 saturated heterocycles. The van der Waals surface area contributed by atoms with Gasteiger partial charge in [-0.2, -0.15) is 0 Å². The summed E-state index contributed by atoms with van der Waals surface area (Å²) in [4.78, 5) is 12.5. The first-order valence-electron chi connectivity index (χ1n) is 11.4. The molecule has 0 radical (unpaired) electrons. The van der Waals surface area contributed by atoms with Crippen molar-refractivity contribution >= 4 is 17.3 Å². The first-order chi connectivity index (χ1) is 15.2. The van der Waals surface area contributed by atoms with E-state index in [0.717, 1.165) is 32.1 Å². The second-order valence-corrected chi connectivity index (χ2v) is 9.12. The van der Waals surface area contributed by atoms with E-state index < -0.39 is 17.3 Å². The van der Waals surface area contributed by atoms with Crippen LogP contribution < -0.4 is 0 Å².